The van der Waals surface area contributed by atoms with Gasteiger partial charge in [0.25, 0.3) is 0 Å². The fourth-order valence-corrected chi connectivity index (χ4v) is 14.8. The molecule has 5 saturated carbocycles. The molecular formula is C45H74O16. The highest BCUT2D eigenvalue weighted by Gasteiger charge is 2.85. The Morgan fingerprint density at radius 3 is 2.10 bits per heavy atom. The zero-order valence-electron chi connectivity index (χ0n) is 37.4. The molecule has 61 heavy (non-hydrogen) atoms. The van der Waals surface area contributed by atoms with Crippen molar-refractivity contribution in [2.45, 2.75) is 205 Å². The number of fused-ring (bicyclic) bond motifs is 2. The molecule has 7 rings (SSSR count). The minimum absolute atomic E-state index is 0.0587. The average molecular weight is 871 g/mol. The molecule has 5 aliphatic carbocycles. The highest BCUT2D eigenvalue weighted by atomic mass is 16.7. The normalized spacial score (nSPS) is 50.0. The van der Waals surface area contributed by atoms with E-state index in [0.717, 1.165) is 25.7 Å². The second kappa shape index (κ2) is 16.4. The van der Waals surface area contributed by atoms with Gasteiger partial charge < -0.3 is 69.3 Å². The molecule has 21 atom stereocenters. The van der Waals surface area contributed by atoms with Crippen molar-refractivity contribution >= 4 is 11.9 Å². The molecule has 0 aromatic carbocycles. The van der Waals surface area contributed by atoms with E-state index in [1.54, 1.807) is 13.8 Å². The van der Waals surface area contributed by atoms with Gasteiger partial charge in [0.1, 0.15) is 30.5 Å². The Balaban J connectivity index is 1.23. The van der Waals surface area contributed by atoms with Crippen LogP contribution in [0.1, 0.15) is 120 Å². The van der Waals surface area contributed by atoms with Crippen molar-refractivity contribution in [3.05, 3.63) is 0 Å². The molecule has 2 spiro atoms. The molecule has 8 N–H and O–H groups in total. The fraction of sp³-hybridized carbons (Fsp3) is 0.956. The Morgan fingerprint density at radius 2 is 1.48 bits per heavy atom. The van der Waals surface area contributed by atoms with Gasteiger partial charge in [-0.05, 0) is 122 Å². The molecular weight excluding hydrogens is 796 g/mol. The smallest absolute Gasteiger partial charge is 0.303 e. The van der Waals surface area contributed by atoms with E-state index in [-0.39, 0.29) is 51.9 Å². The first kappa shape index (κ1) is 47.4. The van der Waals surface area contributed by atoms with Crippen LogP contribution < -0.4 is 0 Å². The van der Waals surface area contributed by atoms with Crippen LogP contribution >= 0.6 is 0 Å². The van der Waals surface area contributed by atoms with Gasteiger partial charge in [-0.1, -0.05) is 34.6 Å². The second-order valence-corrected chi connectivity index (χ2v) is 21.9. The molecule has 16 nitrogen and oxygen atoms in total. The lowest BCUT2D eigenvalue weighted by molar-refractivity contribution is -0.339. The number of aliphatic hydroxyl groups excluding tert-OH is 7. The number of esters is 2. The van der Waals surface area contributed by atoms with Gasteiger partial charge in [0.05, 0.1) is 43.2 Å². The monoisotopic (exact) mass is 870 g/mol. The Bertz CT molecular complexity index is 1620. The lowest BCUT2D eigenvalue weighted by Gasteiger charge is -2.65. The average Bonchev–Trinajstić information content (AvgIpc) is 3.76. The minimum atomic E-state index is -1.64. The van der Waals surface area contributed by atoms with E-state index >= 15 is 0 Å². The van der Waals surface area contributed by atoms with Crippen LogP contribution in [0, 0.1) is 50.7 Å². The molecule has 7 aliphatic rings. The van der Waals surface area contributed by atoms with Crippen molar-refractivity contribution in [1.82, 2.24) is 0 Å². The summed E-state index contributed by atoms with van der Waals surface area (Å²) in [6, 6.07) is 0. The van der Waals surface area contributed by atoms with Gasteiger partial charge in [-0.15, -0.1) is 0 Å². The number of rotatable bonds is 12. The summed E-state index contributed by atoms with van der Waals surface area (Å²) >= 11 is 0. The number of aliphatic hydroxyl groups is 8. The molecule has 2 aliphatic heterocycles. The molecule has 0 aromatic heterocycles. The molecule has 16 heteroatoms. The summed E-state index contributed by atoms with van der Waals surface area (Å²) in [5.41, 5.74) is -2.91. The maximum atomic E-state index is 12.3. The first-order valence-electron chi connectivity index (χ1n) is 22.6. The van der Waals surface area contributed by atoms with Gasteiger partial charge in [0.15, 0.2) is 24.8 Å². The van der Waals surface area contributed by atoms with Crippen molar-refractivity contribution in [2.75, 3.05) is 13.2 Å². The molecule has 0 radical (unpaired) electrons. The van der Waals surface area contributed by atoms with Crippen molar-refractivity contribution in [3.8, 4) is 0 Å². The van der Waals surface area contributed by atoms with E-state index in [1.165, 1.54) is 13.8 Å². The van der Waals surface area contributed by atoms with E-state index in [1.807, 2.05) is 0 Å². The number of ether oxygens (including phenoxy) is 6. The summed E-state index contributed by atoms with van der Waals surface area (Å²) in [7, 11) is 0. The Labute approximate surface area is 359 Å². The Morgan fingerprint density at radius 1 is 0.820 bits per heavy atom. The number of hydrogen-bond donors (Lipinski definition) is 8. The summed E-state index contributed by atoms with van der Waals surface area (Å²) in [4.78, 5) is 24.4. The summed E-state index contributed by atoms with van der Waals surface area (Å²) in [5, 5.41) is 87.0. The third kappa shape index (κ3) is 7.61. The van der Waals surface area contributed by atoms with Crippen LogP contribution in [0.3, 0.4) is 0 Å². The first-order valence-corrected chi connectivity index (χ1v) is 22.6. The van der Waals surface area contributed by atoms with Crippen LogP contribution in [0.15, 0.2) is 0 Å². The standard InChI is InChI=1S/C45H74O16/c1-21(10-11-29(51)41(6,7)55)31-24(49)17-43(9)28-16-26(59-38-34(54)33(53)32(52)27(18-46)60-38)37-40(4,5)30(12-13-45(37)20-44(28,45)15-14-42(31,43)8)61-39-36(58-23(3)48)35(57-22(2)47)25(50)19-56-39/h21,24-39,46,49-55H,10-20H2,1-9H3/t21?,24?,25-,26+,27-,28+,29+,30+,31?,32-,33+,34-,35+,36-,37+,38-,39+,42-,43+,44?,45?/m1/s1. The van der Waals surface area contributed by atoms with Crippen LogP contribution in [-0.2, 0) is 38.0 Å². The summed E-state index contributed by atoms with van der Waals surface area (Å²) in [6.45, 7) is 15.8. The molecule has 0 amide bonds. The molecule has 350 valence electrons. The molecule has 0 bridgehead atoms. The molecule has 2 saturated heterocycles. The lowest BCUT2D eigenvalue weighted by Crippen LogP contribution is -2.65. The quantitative estimate of drug-likeness (QED) is 0.103. The topological polar surface area (TPSA) is 251 Å². The van der Waals surface area contributed by atoms with Gasteiger partial charge >= 0.3 is 11.9 Å². The highest BCUT2D eigenvalue weighted by Crippen LogP contribution is 2.89. The first-order chi connectivity index (χ1) is 28.3. The van der Waals surface area contributed by atoms with Gasteiger partial charge in [0.2, 0.25) is 0 Å². The van der Waals surface area contributed by atoms with Gasteiger partial charge in [-0.25, -0.2) is 0 Å². The van der Waals surface area contributed by atoms with E-state index in [9.17, 15) is 50.4 Å². The van der Waals surface area contributed by atoms with Gasteiger partial charge in [-0.3, -0.25) is 9.59 Å². The second-order valence-electron chi connectivity index (χ2n) is 21.9. The fourth-order valence-electron chi connectivity index (χ4n) is 14.8. The van der Waals surface area contributed by atoms with Crippen LogP contribution in [0.5, 0.6) is 0 Å². The van der Waals surface area contributed by atoms with Crippen molar-refractivity contribution < 1.29 is 78.9 Å². The molecule has 5 unspecified atom stereocenters. The van der Waals surface area contributed by atoms with E-state index < -0.39 is 109 Å². The summed E-state index contributed by atoms with van der Waals surface area (Å²) in [6.07, 6.45) is -8.64. The van der Waals surface area contributed by atoms with E-state index in [4.69, 9.17) is 28.4 Å². The lowest BCUT2D eigenvalue weighted by atomic mass is 9.41. The number of hydrogen-bond acceptors (Lipinski definition) is 16. The zero-order chi connectivity index (χ0) is 45.0. The maximum absolute atomic E-state index is 12.3. The third-order valence-corrected chi connectivity index (χ3v) is 17.8. The minimum Gasteiger partial charge on any atom is -0.455 e. The maximum Gasteiger partial charge on any atom is 0.303 e. The molecule has 0 aromatic rings. The number of carbonyl (C=O) groups is 2. The van der Waals surface area contributed by atoms with Crippen molar-refractivity contribution in [2.24, 2.45) is 50.7 Å². The third-order valence-electron chi connectivity index (χ3n) is 17.8. The van der Waals surface area contributed by atoms with E-state index in [0.29, 0.717) is 32.1 Å². The highest BCUT2D eigenvalue weighted by molar-refractivity contribution is 5.67. The Hall–Kier alpha value is -1.54. The molecule has 7 fully saturated rings. The van der Waals surface area contributed by atoms with Crippen molar-refractivity contribution in [3.63, 3.8) is 0 Å². The number of carbonyl (C=O) groups excluding carboxylic acids is 2. The van der Waals surface area contributed by atoms with Crippen LogP contribution in [0.25, 0.3) is 0 Å². The molecule has 2 heterocycles. The van der Waals surface area contributed by atoms with Gasteiger partial charge in [-0.2, -0.15) is 0 Å². The SMILES string of the molecule is CC(=O)O[C@@H]1[C@@H](OC(C)=O)[C@H](O[C@H]2CCC34CC35CC[C@]3(C)C(C(C)CC[C@H](O)C(C)(C)O)C(O)C[C@@]3(C)[C@@H]5C[C@H](O[C@@H]3O[C@H](CO)[C@@H](O)[C@H](O)[C@H]3O)[C@H]4C2(C)C)OC[C@H]1O. The van der Waals surface area contributed by atoms with Crippen LogP contribution in [-0.4, -0.2) is 151 Å². The zero-order valence-corrected chi connectivity index (χ0v) is 37.4. The predicted molar refractivity (Wildman–Crippen MR) is 215 cm³/mol. The Kier molecular flexibility index (Phi) is 12.8. The van der Waals surface area contributed by atoms with Crippen LogP contribution in [0.2, 0.25) is 0 Å². The van der Waals surface area contributed by atoms with E-state index in [2.05, 4.69) is 34.6 Å². The van der Waals surface area contributed by atoms with Gasteiger partial charge in [0, 0.05) is 13.8 Å². The summed E-state index contributed by atoms with van der Waals surface area (Å²) in [5.74, 6) is -1.47. The largest absolute Gasteiger partial charge is 0.455 e. The predicted octanol–water partition coefficient (Wildman–Crippen LogP) is 1.71. The summed E-state index contributed by atoms with van der Waals surface area (Å²) < 4.78 is 36.8. The van der Waals surface area contributed by atoms with Crippen molar-refractivity contribution in [1.29, 1.82) is 0 Å². The van der Waals surface area contributed by atoms with Crippen LogP contribution in [0.4, 0.5) is 0 Å².